The highest BCUT2D eigenvalue weighted by molar-refractivity contribution is 8.00. The van der Waals surface area contributed by atoms with Gasteiger partial charge in [-0.25, -0.2) is 4.98 Å². The van der Waals surface area contributed by atoms with Crippen LogP contribution in [-0.4, -0.2) is 16.5 Å². The molecule has 0 radical (unpaired) electrons. The van der Waals surface area contributed by atoms with Gasteiger partial charge in [-0.05, 0) is 18.6 Å². The molecule has 1 aromatic heterocycles. The van der Waals surface area contributed by atoms with Crippen LogP contribution < -0.4 is 5.32 Å². The zero-order valence-electron chi connectivity index (χ0n) is 10.3. The van der Waals surface area contributed by atoms with Crippen molar-refractivity contribution in [3.8, 4) is 0 Å². The molecule has 0 saturated heterocycles. The first-order valence-corrected chi connectivity index (χ1v) is 7.60. The molecule has 0 atom stereocenters. The SMILES string of the molecule is CCNc1ccc([N+](=O)[O-])cc1CSc1nccs1. The Morgan fingerprint density at radius 2 is 2.37 bits per heavy atom. The molecule has 0 aliphatic heterocycles. The van der Waals surface area contributed by atoms with Gasteiger partial charge in [-0.2, -0.15) is 0 Å². The molecule has 0 aliphatic rings. The minimum absolute atomic E-state index is 0.122. The number of benzene rings is 1. The van der Waals surface area contributed by atoms with Crippen molar-refractivity contribution in [2.75, 3.05) is 11.9 Å². The van der Waals surface area contributed by atoms with Crippen LogP contribution in [0.5, 0.6) is 0 Å². The highest BCUT2D eigenvalue weighted by Crippen LogP contribution is 2.30. The highest BCUT2D eigenvalue weighted by Gasteiger charge is 2.11. The number of hydrogen-bond donors (Lipinski definition) is 1. The second-order valence-electron chi connectivity index (χ2n) is 3.72. The van der Waals surface area contributed by atoms with Crippen LogP contribution >= 0.6 is 23.1 Å². The maximum absolute atomic E-state index is 10.8. The molecule has 0 spiro atoms. The fourth-order valence-electron chi connectivity index (χ4n) is 1.60. The van der Waals surface area contributed by atoms with Gasteiger partial charge >= 0.3 is 0 Å². The zero-order chi connectivity index (χ0) is 13.7. The lowest BCUT2D eigenvalue weighted by molar-refractivity contribution is -0.384. The molecule has 0 bridgehead atoms. The molecule has 0 fully saturated rings. The van der Waals surface area contributed by atoms with Crippen molar-refractivity contribution in [1.82, 2.24) is 4.98 Å². The Balaban J connectivity index is 2.19. The normalized spacial score (nSPS) is 10.4. The fourth-order valence-corrected chi connectivity index (χ4v) is 3.23. The first-order valence-electron chi connectivity index (χ1n) is 5.74. The summed E-state index contributed by atoms with van der Waals surface area (Å²) in [5, 5.41) is 16.0. The van der Waals surface area contributed by atoms with Crippen LogP contribution in [0.15, 0.2) is 34.1 Å². The van der Waals surface area contributed by atoms with Crippen molar-refractivity contribution < 1.29 is 4.92 Å². The van der Waals surface area contributed by atoms with E-state index in [4.69, 9.17) is 0 Å². The number of rotatable bonds is 6. The van der Waals surface area contributed by atoms with Gasteiger partial charge < -0.3 is 5.32 Å². The summed E-state index contributed by atoms with van der Waals surface area (Å²) in [6, 6.07) is 4.91. The lowest BCUT2D eigenvalue weighted by Gasteiger charge is -2.09. The molecule has 2 rings (SSSR count). The van der Waals surface area contributed by atoms with Gasteiger partial charge in [-0.3, -0.25) is 10.1 Å². The molecule has 5 nitrogen and oxygen atoms in total. The fraction of sp³-hybridized carbons (Fsp3) is 0.250. The van der Waals surface area contributed by atoms with Crippen LogP contribution in [0, 0.1) is 10.1 Å². The summed E-state index contributed by atoms with van der Waals surface area (Å²) in [5.74, 6) is 0.664. The van der Waals surface area contributed by atoms with E-state index in [1.54, 1.807) is 41.4 Å². The Bertz CT molecular complexity index is 558. The highest BCUT2D eigenvalue weighted by atomic mass is 32.2. The average molecular weight is 295 g/mol. The van der Waals surface area contributed by atoms with Gasteiger partial charge in [-0.15, -0.1) is 11.3 Å². The van der Waals surface area contributed by atoms with Gasteiger partial charge in [0.25, 0.3) is 5.69 Å². The topological polar surface area (TPSA) is 68.1 Å². The van der Waals surface area contributed by atoms with Gasteiger partial charge in [0.05, 0.1) is 4.92 Å². The van der Waals surface area contributed by atoms with E-state index >= 15 is 0 Å². The van der Waals surface area contributed by atoms with Gasteiger partial charge in [0.2, 0.25) is 0 Å². The number of non-ortho nitro benzene ring substituents is 1. The average Bonchev–Trinajstić information content (AvgIpc) is 2.90. The zero-order valence-corrected chi connectivity index (χ0v) is 12.0. The Morgan fingerprint density at radius 3 is 3.00 bits per heavy atom. The minimum atomic E-state index is -0.368. The predicted octanol–water partition coefficient (Wildman–Crippen LogP) is 3.78. The van der Waals surface area contributed by atoms with E-state index in [9.17, 15) is 10.1 Å². The molecule has 0 aliphatic carbocycles. The predicted molar refractivity (Wildman–Crippen MR) is 78.9 cm³/mol. The molecule has 19 heavy (non-hydrogen) atoms. The largest absolute Gasteiger partial charge is 0.385 e. The Hall–Kier alpha value is -1.60. The number of thioether (sulfide) groups is 1. The molecule has 1 heterocycles. The summed E-state index contributed by atoms with van der Waals surface area (Å²) < 4.78 is 0.967. The summed E-state index contributed by atoms with van der Waals surface area (Å²) in [4.78, 5) is 14.6. The number of nitro groups is 1. The monoisotopic (exact) mass is 295 g/mol. The van der Waals surface area contributed by atoms with Crippen LogP contribution in [0.25, 0.3) is 0 Å². The molecule has 0 saturated carbocycles. The van der Waals surface area contributed by atoms with Crippen LogP contribution in [-0.2, 0) is 5.75 Å². The quantitative estimate of drug-likeness (QED) is 0.499. The third-order valence-electron chi connectivity index (χ3n) is 2.43. The number of aromatic nitrogens is 1. The molecule has 7 heteroatoms. The standard InChI is InChI=1S/C12H13N3O2S2/c1-2-13-11-4-3-10(15(16)17)7-9(11)8-19-12-14-5-6-18-12/h3-7,13H,2,8H2,1H3. The smallest absolute Gasteiger partial charge is 0.269 e. The van der Waals surface area contributed by atoms with E-state index in [0.29, 0.717) is 5.75 Å². The third kappa shape index (κ3) is 3.68. The van der Waals surface area contributed by atoms with Crippen LogP contribution in [0.3, 0.4) is 0 Å². The summed E-state index contributed by atoms with van der Waals surface area (Å²) in [6.45, 7) is 2.78. The molecule has 0 unspecified atom stereocenters. The van der Waals surface area contributed by atoms with E-state index in [2.05, 4.69) is 10.3 Å². The number of hydrogen-bond acceptors (Lipinski definition) is 6. The molecular formula is C12H13N3O2S2. The second kappa shape index (κ2) is 6.53. The number of thiazole rings is 1. The lowest BCUT2D eigenvalue weighted by Crippen LogP contribution is -2.01. The number of nitrogens with zero attached hydrogens (tertiary/aromatic N) is 2. The first-order chi connectivity index (χ1) is 9.20. The molecule has 1 aromatic carbocycles. The maximum Gasteiger partial charge on any atom is 0.269 e. The maximum atomic E-state index is 10.8. The van der Waals surface area contributed by atoms with E-state index < -0.39 is 0 Å². The summed E-state index contributed by atoms with van der Waals surface area (Å²) in [5.41, 5.74) is 1.99. The Labute approximate surface area is 119 Å². The van der Waals surface area contributed by atoms with E-state index in [1.807, 2.05) is 12.3 Å². The second-order valence-corrected chi connectivity index (χ2v) is 5.83. The summed E-state index contributed by atoms with van der Waals surface area (Å²) in [6.07, 6.45) is 1.76. The van der Waals surface area contributed by atoms with Crippen molar-refractivity contribution in [1.29, 1.82) is 0 Å². The molecule has 100 valence electrons. The molecule has 0 amide bonds. The molecule has 2 aromatic rings. The number of nitrogens with one attached hydrogen (secondary N) is 1. The van der Waals surface area contributed by atoms with Gasteiger partial charge in [0.1, 0.15) is 4.34 Å². The van der Waals surface area contributed by atoms with Crippen LogP contribution in [0.1, 0.15) is 12.5 Å². The van der Waals surface area contributed by atoms with Crippen molar-refractivity contribution in [3.05, 3.63) is 45.5 Å². The minimum Gasteiger partial charge on any atom is -0.385 e. The van der Waals surface area contributed by atoms with E-state index in [0.717, 1.165) is 22.1 Å². The summed E-state index contributed by atoms with van der Waals surface area (Å²) in [7, 11) is 0. The van der Waals surface area contributed by atoms with Crippen molar-refractivity contribution in [2.24, 2.45) is 0 Å². The van der Waals surface area contributed by atoms with Gasteiger partial charge in [0, 0.05) is 41.7 Å². The van der Waals surface area contributed by atoms with Crippen molar-refractivity contribution in [3.63, 3.8) is 0 Å². The third-order valence-corrected chi connectivity index (χ3v) is 4.44. The Kier molecular flexibility index (Phi) is 4.75. The van der Waals surface area contributed by atoms with Gasteiger partial charge in [-0.1, -0.05) is 11.8 Å². The van der Waals surface area contributed by atoms with Crippen LogP contribution in [0.2, 0.25) is 0 Å². The number of nitro benzene ring substituents is 1. The number of anilines is 1. The Morgan fingerprint density at radius 1 is 1.53 bits per heavy atom. The summed E-state index contributed by atoms with van der Waals surface area (Å²) >= 11 is 3.15. The lowest BCUT2D eigenvalue weighted by atomic mass is 10.2. The first kappa shape index (κ1) is 13.8. The van der Waals surface area contributed by atoms with Crippen LogP contribution in [0.4, 0.5) is 11.4 Å². The van der Waals surface area contributed by atoms with Gasteiger partial charge in [0.15, 0.2) is 0 Å². The van der Waals surface area contributed by atoms with E-state index in [-0.39, 0.29) is 10.6 Å². The van der Waals surface area contributed by atoms with Crippen molar-refractivity contribution in [2.45, 2.75) is 17.0 Å². The molecular weight excluding hydrogens is 282 g/mol. The molecule has 1 N–H and O–H groups in total. The van der Waals surface area contributed by atoms with Crippen molar-refractivity contribution >= 4 is 34.5 Å². The van der Waals surface area contributed by atoms with E-state index in [1.165, 1.54) is 6.07 Å².